The molecule has 5 rings (SSSR count). The molecule has 3 saturated heterocycles. The summed E-state index contributed by atoms with van der Waals surface area (Å²) in [5.74, 6) is 0.603. The zero-order valence-electron chi connectivity index (χ0n) is 11.0. The largest absolute Gasteiger partial charge is 0.342 e. The minimum absolute atomic E-state index is 0.603. The van der Waals surface area contributed by atoms with Gasteiger partial charge in [0, 0.05) is 32.2 Å². The van der Waals surface area contributed by atoms with Crippen molar-refractivity contribution < 1.29 is 0 Å². The van der Waals surface area contributed by atoms with Gasteiger partial charge < -0.3 is 9.80 Å². The fourth-order valence-corrected chi connectivity index (χ4v) is 3.80. The highest BCUT2D eigenvalue weighted by atomic mass is 32.1. The number of aromatic nitrogens is 5. The summed E-state index contributed by atoms with van der Waals surface area (Å²) in [5, 5.41) is 10.3. The highest BCUT2D eigenvalue weighted by Crippen LogP contribution is 2.31. The number of piperidine rings is 1. The Morgan fingerprint density at radius 2 is 1.80 bits per heavy atom. The molecule has 104 valence electrons. The predicted molar refractivity (Wildman–Crippen MR) is 75.5 cm³/mol. The third-order valence-corrected chi connectivity index (χ3v) is 4.96. The minimum Gasteiger partial charge on any atom is -0.342 e. The lowest BCUT2D eigenvalue weighted by Gasteiger charge is -2.30. The van der Waals surface area contributed by atoms with Gasteiger partial charge in [-0.1, -0.05) is 11.3 Å². The number of hydrogen-bond donors (Lipinski definition) is 0. The topological polar surface area (TPSA) is 70.9 Å². The van der Waals surface area contributed by atoms with Crippen LogP contribution in [0, 0.1) is 0 Å². The number of fused-ring (bicyclic) bond motifs is 4. The second-order valence-electron chi connectivity index (χ2n) is 5.12. The van der Waals surface area contributed by atoms with Crippen LogP contribution in [0.4, 0.5) is 5.13 Å². The maximum Gasteiger partial charge on any atom is 0.209 e. The Bertz CT molecular complexity index is 579. The van der Waals surface area contributed by atoms with Gasteiger partial charge in [-0.15, -0.1) is 10.2 Å². The Kier molecular flexibility index (Phi) is 3.04. The summed E-state index contributed by atoms with van der Waals surface area (Å²) < 4.78 is 0. The van der Waals surface area contributed by atoms with Crippen molar-refractivity contribution in [1.29, 1.82) is 0 Å². The second-order valence-corrected chi connectivity index (χ2v) is 6.07. The SMILES string of the molecule is c1ncnc(-c2nnc(N3CCN4CCC3CC4)s2)n1. The van der Waals surface area contributed by atoms with E-state index in [1.54, 1.807) is 11.3 Å². The van der Waals surface area contributed by atoms with Gasteiger partial charge in [0.1, 0.15) is 12.7 Å². The molecule has 3 fully saturated rings. The second kappa shape index (κ2) is 5.02. The van der Waals surface area contributed by atoms with Crippen LogP contribution >= 0.6 is 11.3 Å². The van der Waals surface area contributed by atoms with Crippen molar-refractivity contribution in [3.8, 4) is 10.8 Å². The molecule has 0 radical (unpaired) electrons. The van der Waals surface area contributed by atoms with Gasteiger partial charge in [0.2, 0.25) is 5.13 Å². The van der Waals surface area contributed by atoms with E-state index < -0.39 is 0 Å². The Morgan fingerprint density at radius 1 is 1.00 bits per heavy atom. The number of nitrogens with zero attached hydrogens (tertiary/aromatic N) is 7. The van der Waals surface area contributed by atoms with Crippen LogP contribution in [0.25, 0.3) is 10.8 Å². The first-order chi connectivity index (χ1) is 9.90. The molecule has 8 heteroatoms. The molecule has 2 aromatic rings. The van der Waals surface area contributed by atoms with Crippen LogP contribution in [0.3, 0.4) is 0 Å². The Balaban J connectivity index is 1.61. The molecule has 2 bridgehead atoms. The average Bonchev–Trinajstić information content (AvgIpc) is 2.81. The van der Waals surface area contributed by atoms with Gasteiger partial charge in [0.15, 0.2) is 10.8 Å². The van der Waals surface area contributed by atoms with Gasteiger partial charge >= 0.3 is 0 Å². The molecule has 0 aromatic carbocycles. The highest BCUT2D eigenvalue weighted by molar-refractivity contribution is 7.18. The van der Waals surface area contributed by atoms with E-state index in [9.17, 15) is 0 Å². The summed E-state index contributed by atoms with van der Waals surface area (Å²) in [6.07, 6.45) is 5.43. The Labute approximate surface area is 120 Å². The zero-order chi connectivity index (χ0) is 13.4. The van der Waals surface area contributed by atoms with E-state index in [1.165, 1.54) is 38.6 Å². The lowest BCUT2D eigenvalue weighted by atomic mass is 10.1. The van der Waals surface area contributed by atoms with Gasteiger partial charge in [-0.25, -0.2) is 15.0 Å². The van der Waals surface area contributed by atoms with Gasteiger partial charge in [-0.05, 0) is 12.8 Å². The fraction of sp³-hybridized carbons (Fsp3) is 0.583. The van der Waals surface area contributed by atoms with E-state index in [-0.39, 0.29) is 0 Å². The first kappa shape index (κ1) is 12.1. The van der Waals surface area contributed by atoms with E-state index in [2.05, 4.69) is 34.9 Å². The highest BCUT2D eigenvalue weighted by Gasteiger charge is 2.31. The van der Waals surface area contributed by atoms with Gasteiger partial charge in [-0.3, -0.25) is 0 Å². The average molecular weight is 289 g/mol. The van der Waals surface area contributed by atoms with Crippen LogP contribution in [0.2, 0.25) is 0 Å². The van der Waals surface area contributed by atoms with E-state index in [0.29, 0.717) is 11.9 Å². The zero-order valence-corrected chi connectivity index (χ0v) is 11.8. The minimum atomic E-state index is 0.603. The van der Waals surface area contributed by atoms with Crippen LogP contribution in [-0.4, -0.2) is 62.3 Å². The van der Waals surface area contributed by atoms with Crippen molar-refractivity contribution in [2.24, 2.45) is 0 Å². The molecular weight excluding hydrogens is 274 g/mol. The molecule has 0 saturated carbocycles. The summed E-state index contributed by atoms with van der Waals surface area (Å²) in [6.45, 7) is 4.58. The van der Waals surface area contributed by atoms with Gasteiger partial charge in [0.25, 0.3) is 0 Å². The lowest BCUT2D eigenvalue weighted by Crippen LogP contribution is -2.37. The molecule has 20 heavy (non-hydrogen) atoms. The van der Waals surface area contributed by atoms with E-state index in [0.717, 1.165) is 23.2 Å². The van der Waals surface area contributed by atoms with Crippen LogP contribution in [0.15, 0.2) is 12.7 Å². The number of anilines is 1. The monoisotopic (exact) mass is 289 g/mol. The summed E-state index contributed by atoms with van der Waals surface area (Å²) in [4.78, 5) is 17.0. The van der Waals surface area contributed by atoms with Crippen molar-refractivity contribution >= 4 is 16.5 Å². The first-order valence-electron chi connectivity index (χ1n) is 6.85. The van der Waals surface area contributed by atoms with E-state index >= 15 is 0 Å². The van der Waals surface area contributed by atoms with Crippen LogP contribution in [0.5, 0.6) is 0 Å². The summed E-state index contributed by atoms with van der Waals surface area (Å²) in [6, 6.07) is 0.605. The van der Waals surface area contributed by atoms with E-state index in [1.807, 2.05) is 0 Å². The molecule has 0 aliphatic carbocycles. The summed E-state index contributed by atoms with van der Waals surface area (Å²) in [7, 11) is 0. The van der Waals surface area contributed by atoms with Gasteiger partial charge in [0.05, 0.1) is 0 Å². The normalized spacial score (nSPS) is 25.7. The molecule has 3 aliphatic rings. The predicted octanol–water partition coefficient (Wildman–Crippen LogP) is 0.675. The van der Waals surface area contributed by atoms with Crippen LogP contribution in [0.1, 0.15) is 12.8 Å². The maximum absolute atomic E-state index is 4.35. The van der Waals surface area contributed by atoms with Crippen LogP contribution in [-0.2, 0) is 0 Å². The van der Waals surface area contributed by atoms with Gasteiger partial charge in [-0.2, -0.15) is 0 Å². The molecule has 0 unspecified atom stereocenters. The number of hydrogen-bond acceptors (Lipinski definition) is 8. The molecule has 0 N–H and O–H groups in total. The van der Waals surface area contributed by atoms with Crippen molar-refractivity contribution in [3.05, 3.63) is 12.7 Å². The standard InChI is InChI=1S/C12H15N7S/c1-3-18-4-2-9(1)19(6-5-18)12-17-16-11(20-12)10-14-7-13-8-15-10/h7-9H,1-6H2. The molecule has 0 spiro atoms. The molecular formula is C12H15N7S. The summed E-state index contributed by atoms with van der Waals surface area (Å²) >= 11 is 1.57. The smallest absolute Gasteiger partial charge is 0.209 e. The maximum atomic E-state index is 4.35. The van der Waals surface area contributed by atoms with Crippen molar-refractivity contribution in [2.45, 2.75) is 18.9 Å². The van der Waals surface area contributed by atoms with E-state index in [4.69, 9.17) is 0 Å². The molecule has 5 heterocycles. The third kappa shape index (κ3) is 2.14. The van der Waals surface area contributed by atoms with Crippen molar-refractivity contribution in [1.82, 2.24) is 30.0 Å². The Hall–Kier alpha value is -1.67. The summed E-state index contributed by atoms with van der Waals surface area (Å²) in [5.41, 5.74) is 0. The molecule has 0 atom stereocenters. The third-order valence-electron chi connectivity index (χ3n) is 4.00. The lowest BCUT2D eigenvalue weighted by molar-refractivity contribution is 0.250. The molecule has 2 aromatic heterocycles. The molecule has 0 amide bonds. The molecule has 3 aliphatic heterocycles. The molecule has 7 nitrogen and oxygen atoms in total. The fourth-order valence-electron chi connectivity index (χ4n) is 2.91. The Morgan fingerprint density at radius 3 is 2.60 bits per heavy atom. The van der Waals surface area contributed by atoms with Crippen LogP contribution < -0.4 is 4.90 Å². The quantitative estimate of drug-likeness (QED) is 0.805. The first-order valence-corrected chi connectivity index (χ1v) is 7.67. The van der Waals surface area contributed by atoms with Crippen molar-refractivity contribution in [2.75, 3.05) is 31.1 Å². The van der Waals surface area contributed by atoms with Crippen molar-refractivity contribution in [3.63, 3.8) is 0 Å². The number of rotatable bonds is 2.